The second-order valence-corrected chi connectivity index (χ2v) is 3.36. The van der Waals surface area contributed by atoms with Crippen molar-refractivity contribution < 1.29 is 14.4 Å². The van der Waals surface area contributed by atoms with E-state index >= 15 is 0 Å². The summed E-state index contributed by atoms with van der Waals surface area (Å²) in [5.41, 5.74) is 1.17. The smallest absolute Gasteiger partial charge is 0.358 e. The molecule has 0 aliphatic rings. The Morgan fingerprint density at radius 3 is 3.12 bits per heavy atom. The van der Waals surface area contributed by atoms with Crippen LogP contribution in [0.1, 0.15) is 10.5 Å². The maximum atomic E-state index is 10.7. The number of carboxylic acids is 1. The highest BCUT2D eigenvalue weighted by atomic mass is 16.5. The van der Waals surface area contributed by atoms with E-state index in [0.29, 0.717) is 17.0 Å². The molecule has 0 bridgehead atoms. The number of rotatable bonds is 2. The highest BCUT2D eigenvalue weighted by molar-refractivity contribution is 5.86. The van der Waals surface area contributed by atoms with E-state index in [9.17, 15) is 4.79 Å². The molecule has 0 spiro atoms. The number of hydrogen-bond acceptors (Lipinski definition) is 5. The molecule has 0 aliphatic carbocycles. The molecule has 1 N–H and O–H groups in total. The van der Waals surface area contributed by atoms with E-state index in [1.807, 2.05) is 0 Å². The molecule has 0 amide bonds. The third-order valence-corrected chi connectivity index (χ3v) is 2.26. The van der Waals surface area contributed by atoms with E-state index in [0.717, 1.165) is 0 Å². The molecule has 0 saturated carbocycles. The van der Waals surface area contributed by atoms with Gasteiger partial charge in [-0.2, -0.15) is 5.10 Å². The molecule has 3 aromatic rings. The zero-order valence-corrected chi connectivity index (χ0v) is 8.44. The van der Waals surface area contributed by atoms with E-state index in [2.05, 4.69) is 15.2 Å². The van der Waals surface area contributed by atoms with Crippen molar-refractivity contribution in [3.63, 3.8) is 0 Å². The number of aromatic nitrogens is 4. The van der Waals surface area contributed by atoms with Crippen molar-refractivity contribution in [1.82, 2.24) is 19.8 Å². The fourth-order valence-corrected chi connectivity index (χ4v) is 1.45. The van der Waals surface area contributed by atoms with Crippen LogP contribution in [0, 0.1) is 0 Å². The summed E-state index contributed by atoms with van der Waals surface area (Å²) in [6.45, 7) is 0. The quantitative estimate of drug-likeness (QED) is 0.708. The summed E-state index contributed by atoms with van der Waals surface area (Å²) in [7, 11) is 0. The molecule has 7 heteroatoms. The van der Waals surface area contributed by atoms with Crippen molar-refractivity contribution in [2.45, 2.75) is 0 Å². The van der Waals surface area contributed by atoms with Crippen molar-refractivity contribution in [2.75, 3.05) is 0 Å². The summed E-state index contributed by atoms with van der Waals surface area (Å²) in [5, 5.41) is 16.2. The van der Waals surface area contributed by atoms with E-state index in [-0.39, 0.29) is 5.69 Å². The van der Waals surface area contributed by atoms with Crippen LogP contribution in [0.5, 0.6) is 0 Å². The number of carbonyl (C=O) groups is 1. The normalized spacial score (nSPS) is 10.8. The van der Waals surface area contributed by atoms with Gasteiger partial charge in [-0.1, -0.05) is 5.16 Å². The molecule has 84 valence electrons. The Balaban J connectivity index is 2.09. The summed E-state index contributed by atoms with van der Waals surface area (Å²) in [6.07, 6.45) is 4.88. The molecule has 3 aromatic heterocycles. The average Bonchev–Trinajstić information content (AvgIpc) is 2.97. The Morgan fingerprint density at radius 1 is 1.47 bits per heavy atom. The van der Waals surface area contributed by atoms with E-state index in [1.165, 1.54) is 6.07 Å². The van der Waals surface area contributed by atoms with E-state index in [4.69, 9.17) is 9.63 Å². The lowest BCUT2D eigenvalue weighted by Crippen LogP contribution is -1.94. The zero-order valence-electron chi connectivity index (χ0n) is 8.44. The maximum Gasteiger partial charge on any atom is 0.358 e. The topological polar surface area (TPSA) is 93.5 Å². The molecule has 0 saturated heterocycles. The lowest BCUT2D eigenvalue weighted by Gasteiger charge is -1.95. The monoisotopic (exact) mass is 230 g/mol. The fraction of sp³-hybridized carbons (Fsp3) is 0. The van der Waals surface area contributed by atoms with Crippen molar-refractivity contribution in [3.8, 4) is 11.3 Å². The first kappa shape index (κ1) is 9.52. The van der Waals surface area contributed by atoms with Gasteiger partial charge in [-0.05, 0) is 0 Å². The van der Waals surface area contributed by atoms with Crippen LogP contribution in [0.25, 0.3) is 17.0 Å². The van der Waals surface area contributed by atoms with Crippen LogP contribution in [0.3, 0.4) is 0 Å². The lowest BCUT2D eigenvalue weighted by atomic mass is 10.2. The summed E-state index contributed by atoms with van der Waals surface area (Å²) in [5.74, 6) is -0.791. The number of fused-ring (bicyclic) bond motifs is 1. The second kappa shape index (κ2) is 3.41. The van der Waals surface area contributed by atoms with E-state index in [1.54, 1.807) is 29.2 Å². The van der Waals surface area contributed by atoms with Crippen LogP contribution in [0.2, 0.25) is 0 Å². The first-order chi connectivity index (χ1) is 8.24. The minimum absolute atomic E-state index is 0.138. The van der Waals surface area contributed by atoms with Gasteiger partial charge in [0, 0.05) is 24.5 Å². The van der Waals surface area contributed by atoms with Gasteiger partial charge in [0.15, 0.2) is 17.1 Å². The number of nitrogens with zero attached hydrogens (tertiary/aromatic N) is 4. The van der Waals surface area contributed by atoms with Crippen molar-refractivity contribution in [3.05, 3.63) is 36.4 Å². The Hall–Kier alpha value is -2.70. The molecule has 0 fully saturated rings. The van der Waals surface area contributed by atoms with Crippen LogP contribution < -0.4 is 0 Å². The Kier molecular flexibility index (Phi) is 1.91. The summed E-state index contributed by atoms with van der Waals surface area (Å²) in [6, 6.07) is 3.10. The van der Waals surface area contributed by atoms with Crippen molar-refractivity contribution in [1.29, 1.82) is 0 Å². The summed E-state index contributed by atoms with van der Waals surface area (Å²) >= 11 is 0. The number of aromatic carboxylic acids is 1. The van der Waals surface area contributed by atoms with Gasteiger partial charge >= 0.3 is 5.97 Å². The van der Waals surface area contributed by atoms with Crippen molar-refractivity contribution >= 4 is 11.6 Å². The third kappa shape index (κ3) is 1.53. The molecular formula is C10H6N4O3. The van der Waals surface area contributed by atoms with Crippen LogP contribution in [0.15, 0.2) is 35.2 Å². The Morgan fingerprint density at radius 2 is 2.35 bits per heavy atom. The molecule has 3 heterocycles. The molecule has 0 unspecified atom stereocenters. The minimum atomic E-state index is -1.13. The first-order valence-corrected chi connectivity index (χ1v) is 4.74. The fourth-order valence-electron chi connectivity index (χ4n) is 1.45. The van der Waals surface area contributed by atoms with Gasteiger partial charge in [0.1, 0.15) is 0 Å². The van der Waals surface area contributed by atoms with Gasteiger partial charge in [-0.3, -0.25) is 0 Å². The van der Waals surface area contributed by atoms with Crippen molar-refractivity contribution in [2.24, 2.45) is 0 Å². The largest absolute Gasteiger partial charge is 0.476 e. The molecular weight excluding hydrogens is 224 g/mol. The number of hydrogen-bond donors (Lipinski definition) is 1. The highest BCUT2D eigenvalue weighted by Gasteiger charge is 2.12. The van der Waals surface area contributed by atoms with Crippen LogP contribution in [0.4, 0.5) is 0 Å². The third-order valence-electron chi connectivity index (χ3n) is 2.26. The van der Waals surface area contributed by atoms with Crippen LogP contribution >= 0.6 is 0 Å². The molecule has 7 nitrogen and oxygen atoms in total. The number of carboxylic acid groups (broad SMARTS) is 1. The van der Waals surface area contributed by atoms with Gasteiger partial charge in [0.05, 0.1) is 11.8 Å². The van der Waals surface area contributed by atoms with Gasteiger partial charge in [-0.25, -0.2) is 14.3 Å². The second-order valence-electron chi connectivity index (χ2n) is 3.36. The standard InChI is InChI=1S/C10H6N4O3/c15-10(16)7-3-8(17-13-7)6-4-11-9-1-2-12-14(9)5-6/h1-5H,(H,15,16). The van der Waals surface area contributed by atoms with Gasteiger partial charge in [0.25, 0.3) is 0 Å². The highest BCUT2D eigenvalue weighted by Crippen LogP contribution is 2.19. The van der Waals surface area contributed by atoms with Crippen LogP contribution in [-0.4, -0.2) is 30.8 Å². The minimum Gasteiger partial charge on any atom is -0.476 e. The summed E-state index contributed by atoms with van der Waals surface area (Å²) < 4.78 is 6.49. The van der Waals surface area contributed by atoms with E-state index < -0.39 is 5.97 Å². The summed E-state index contributed by atoms with van der Waals surface area (Å²) in [4.78, 5) is 14.8. The van der Waals surface area contributed by atoms with Gasteiger partial charge in [-0.15, -0.1) is 0 Å². The predicted molar refractivity (Wildman–Crippen MR) is 55.4 cm³/mol. The Bertz CT molecular complexity index is 700. The molecule has 0 aliphatic heterocycles. The molecule has 17 heavy (non-hydrogen) atoms. The van der Waals surface area contributed by atoms with Gasteiger partial charge in [0.2, 0.25) is 0 Å². The lowest BCUT2D eigenvalue weighted by molar-refractivity contribution is 0.0686. The molecule has 0 atom stereocenters. The average molecular weight is 230 g/mol. The Labute approximate surface area is 94.3 Å². The maximum absolute atomic E-state index is 10.7. The predicted octanol–water partition coefficient (Wildman–Crippen LogP) is 1.08. The van der Waals surface area contributed by atoms with Crippen LogP contribution in [-0.2, 0) is 0 Å². The first-order valence-electron chi connectivity index (χ1n) is 4.74. The molecule has 0 radical (unpaired) electrons. The molecule has 0 aromatic carbocycles. The SMILES string of the molecule is O=C(O)c1cc(-c2cnc3ccnn3c2)on1. The molecule has 3 rings (SSSR count). The zero-order chi connectivity index (χ0) is 11.8. The van der Waals surface area contributed by atoms with Gasteiger partial charge < -0.3 is 9.63 Å².